The summed E-state index contributed by atoms with van der Waals surface area (Å²) in [5, 5.41) is 3.30. The number of hydrogen-bond acceptors (Lipinski definition) is 3. The van der Waals surface area contributed by atoms with E-state index in [-0.39, 0.29) is 30.0 Å². The van der Waals surface area contributed by atoms with Crippen LogP contribution in [0.25, 0.3) is 0 Å². The number of halogens is 1. The number of amides is 1. The predicted octanol–water partition coefficient (Wildman–Crippen LogP) is 2.46. The van der Waals surface area contributed by atoms with Crippen molar-refractivity contribution in [1.82, 2.24) is 10.2 Å². The molecule has 1 amide bonds. The van der Waals surface area contributed by atoms with Crippen LogP contribution in [-0.2, 0) is 9.53 Å². The first-order chi connectivity index (χ1) is 10.1. The largest absolute Gasteiger partial charge is 0.380 e. The van der Waals surface area contributed by atoms with Gasteiger partial charge >= 0.3 is 0 Å². The first-order valence-electron chi connectivity index (χ1n) is 7.49. The molecule has 1 aliphatic rings. The molecule has 1 fully saturated rings. The minimum absolute atomic E-state index is 0.0546. The van der Waals surface area contributed by atoms with E-state index in [1.807, 2.05) is 26.8 Å². The number of nitrogens with one attached hydrogen (secondary N) is 1. The molecule has 1 aromatic carbocycles. The molecular formula is C16H23FN2O2. The third kappa shape index (κ3) is 3.41. The number of hydrogen-bond donors (Lipinski definition) is 1. The van der Waals surface area contributed by atoms with E-state index in [1.165, 1.54) is 12.1 Å². The molecule has 1 saturated heterocycles. The highest BCUT2D eigenvalue weighted by Crippen LogP contribution is 2.29. The number of benzene rings is 1. The van der Waals surface area contributed by atoms with Crippen LogP contribution in [0.4, 0.5) is 4.39 Å². The molecule has 1 aliphatic heterocycles. The monoisotopic (exact) mass is 294 g/mol. The van der Waals surface area contributed by atoms with E-state index in [2.05, 4.69) is 5.32 Å². The van der Waals surface area contributed by atoms with Gasteiger partial charge in [0.15, 0.2) is 0 Å². The van der Waals surface area contributed by atoms with Gasteiger partial charge in [0.05, 0.1) is 18.7 Å². The second-order valence-electron chi connectivity index (χ2n) is 5.34. The number of nitrogens with zero attached hydrogens (tertiary/aromatic N) is 1. The van der Waals surface area contributed by atoms with E-state index < -0.39 is 0 Å². The van der Waals surface area contributed by atoms with Gasteiger partial charge in [-0.2, -0.15) is 0 Å². The molecule has 1 aromatic rings. The molecule has 2 rings (SSSR count). The Morgan fingerprint density at radius 1 is 1.43 bits per heavy atom. The van der Waals surface area contributed by atoms with Crippen molar-refractivity contribution in [3.05, 3.63) is 35.6 Å². The van der Waals surface area contributed by atoms with E-state index in [9.17, 15) is 9.18 Å². The second-order valence-corrected chi connectivity index (χ2v) is 5.34. The fraction of sp³-hybridized carbons (Fsp3) is 0.562. The molecule has 0 bridgehead atoms. The average molecular weight is 294 g/mol. The summed E-state index contributed by atoms with van der Waals surface area (Å²) in [4.78, 5) is 14.3. The van der Waals surface area contributed by atoms with Gasteiger partial charge in [-0.3, -0.25) is 10.1 Å². The summed E-state index contributed by atoms with van der Waals surface area (Å²) in [5.41, 5.74) is 0.766. The third-order valence-electron chi connectivity index (χ3n) is 3.80. The molecule has 21 heavy (non-hydrogen) atoms. The Hall–Kier alpha value is -1.46. The van der Waals surface area contributed by atoms with E-state index in [4.69, 9.17) is 4.74 Å². The Labute approximate surface area is 125 Å². The fourth-order valence-corrected chi connectivity index (χ4v) is 2.72. The molecule has 1 heterocycles. The minimum Gasteiger partial charge on any atom is -0.380 e. The summed E-state index contributed by atoms with van der Waals surface area (Å²) in [6.45, 7) is 6.94. The van der Waals surface area contributed by atoms with E-state index in [0.717, 1.165) is 5.56 Å². The standard InChI is InChI=1S/C16H23FN2O2/c1-4-14-16(20)19(11(3)10-21-5-2)15(18-14)12-7-6-8-13(17)9-12/h6-9,11,14-15,18H,4-5,10H2,1-3H3. The van der Waals surface area contributed by atoms with Gasteiger partial charge in [-0.25, -0.2) is 4.39 Å². The van der Waals surface area contributed by atoms with Gasteiger partial charge in [-0.05, 0) is 38.0 Å². The van der Waals surface area contributed by atoms with Crippen molar-refractivity contribution in [1.29, 1.82) is 0 Å². The number of ether oxygens (including phenoxy) is 1. The van der Waals surface area contributed by atoms with Gasteiger partial charge in [-0.1, -0.05) is 19.1 Å². The van der Waals surface area contributed by atoms with Crippen LogP contribution >= 0.6 is 0 Å². The summed E-state index contributed by atoms with van der Waals surface area (Å²) >= 11 is 0. The molecule has 1 N–H and O–H groups in total. The summed E-state index contributed by atoms with van der Waals surface area (Å²) in [6, 6.07) is 6.11. The Morgan fingerprint density at radius 2 is 2.19 bits per heavy atom. The van der Waals surface area contributed by atoms with Gasteiger partial charge in [0.1, 0.15) is 12.0 Å². The van der Waals surface area contributed by atoms with Crippen molar-refractivity contribution in [2.75, 3.05) is 13.2 Å². The van der Waals surface area contributed by atoms with Crippen molar-refractivity contribution < 1.29 is 13.9 Å². The highest BCUT2D eigenvalue weighted by Gasteiger charge is 2.41. The molecular weight excluding hydrogens is 271 g/mol. The lowest BCUT2D eigenvalue weighted by Gasteiger charge is -2.30. The predicted molar refractivity (Wildman–Crippen MR) is 79.2 cm³/mol. The van der Waals surface area contributed by atoms with Gasteiger partial charge < -0.3 is 9.64 Å². The molecule has 0 radical (unpaired) electrons. The number of carbonyl (C=O) groups is 1. The summed E-state index contributed by atoms with van der Waals surface area (Å²) < 4.78 is 18.9. The summed E-state index contributed by atoms with van der Waals surface area (Å²) in [5.74, 6) is -0.238. The van der Waals surface area contributed by atoms with E-state index in [1.54, 1.807) is 11.0 Å². The normalized spacial score (nSPS) is 23.6. The smallest absolute Gasteiger partial charge is 0.241 e. The van der Waals surface area contributed by atoms with Crippen LogP contribution < -0.4 is 5.32 Å². The quantitative estimate of drug-likeness (QED) is 0.876. The summed E-state index contributed by atoms with van der Waals surface area (Å²) in [7, 11) is 0. The van der Waals surface area contributed by atoms with Crippen LogP contribution in [-0.4, -0.2) is 36.1 Å². The Bertz CT molecular complexity index is 495. The van der Waals surface area contributed by atoms with Gasteiger partial charge in [0.25, 0.3) is 0 Å². The Kier molecular flexibility index (Phi) is 5.31. The first kappa shape index (κ1) is 15.9. The van der Waals surface area contributed by atoms with Crippen LogP contribution in [0.5, 0.6) is 0 Å². The maximum absolute atomic E-state index is 13.5. The van der Waals surface area contributed by atoms with E-state index >= 15 is 0 Å². The maximum Gasteiger partial charge on any atom is 0.241 e. The topological polar surface area (TPSA) is 41.6 Å². The lowest BCUT2D eigenvalue weighted by Crippen LogP contribution is -2.41. The van der Waals surface area contributed by atoms with Crippen LogP contribution in [0.3, 0.4) is 0 Å². The summed E-state index contributed by atoms with van der Waals surface area (Å²) in [6.07, 6.45) is 0.413. The molecule has 3 unspecified atom stereocenters. The van der Waals surface area contributed by atoms with Crippen molar-refractivity contribution in [3.8, 4) is 0 Å². The van der Waals surface area contributed by atoms with Crippen molar-refractivity contribution in [2.45, 2.75) is 45.4 Å². The van der Waals surface area contributed by atoms with Gasteiger partial charge in [0, 0.05) is 6.61 Å². The zero-order chi connectivity index (χ0) is 15.4. The average Bonchev–Trinajstić information content (AvgIpc) is 2.81. The molecule has 0 spiro atoms. The fourth-order valence-electron chi connectivity index (χ4n) is 2.72. The molecule has 5 heteroatoms. The maximum atomic E-state index is 13.5. The second kappa shape index (κ2) is 7.00. The van der Waals surface area contributed by atoms with Crippen molar-refractivity contribution >= 4 is 5.91 Å². The molecule has 116 valence electrons. The Balaban J connectivity index is 2.26. The molecule has 0 aliphatic carbocycles. The third-order valence-corrected chi connectivity index (χ3v) is 3.80. The highest BCUT2D eigenvalue weighted by molar-refractivity contribution is 5.84. The lowest BCUT2D eigenvalue weighted by molar-refractivity contribution is -0.133. The molecule has 0 aromatic heterocycles. The zero-order valence-corrected chi connectivity index (χ0v) is 12.8. The van der Waals surface area contributed by atoms with Gasteiger partial charge in [0.2, 0.25) is 5.91 Å². The van der Waals surface area contributed by atoms with E-state index in [0.29, 0.717) is 19.6 Å². The molecule has 4 nitrogen and oxygen atoms in total. The van der Waals surface area contributed by atoms with Crippen molar-refractivity contribution in [2.24, 2.45) is 0 Å². The lowest BCUT2D eigenvalue weighted by atomic mass is 10.1. The van der Waals surface area contributed by atoms with Crippen LogP contribution in [0.1, 0.15) is 38.9 Å². The van der Waals surface area contributed by atoms with Gasteiger partial charge in [-0.15, -0.1) is 0 Å². The highest BCUT2D eigenvalue weighted by atomic mass is 19.1. The molecule has 3 atom stereocenters. The minimum atomic E-state index is -0.298. The van der Waals surface area contributed by atoms with Crippen molar-refractivity contribution in [3.63, 3.8) is 0 Å². The first-order valence-corrected chi connectivity index (χ1v) is 7.49. The number of rotatable bonds is 6. The number of carbonyl (C=O) groups excluding carboxylic acids is 1. The SMILES string of the molecule is CCOCC(C)N1C(=O)C(CC)NC1c1cccc(F)c1. The zero-order valence-electron chi connectivity index (χ0n) is 12.8. The van der Waals surface area contributed by atoms with Crippen LogP contribution in [0.2, 0.25) is 0 Å². The van der Waals surface area contributed by atoms with Crippen LogP contribution in [0, 0.1) is 5.82 Å². The molecule has 0 saturated carbocycles. The van der Waals surface area contributed by atoms with Crippen LogP contribution in [0.15, 0.2) is 24.3 Å². The Morgan fingerprint density at radius 3 is 2.81 bits per heavy atom.